The van der Waals surface area contributed by atoms with Crippen molar-refractivity contribution in [1.82, 2.24) is 0 Å². The SMILES string of the molecule is CC(C)[Si](C[C@@H]1CC[C@H](COCc2ccccc2)O1)(C(C)C)C(C)C. The molecule has 1 heterocycles. The molecule has 2 rings (SSSR count). The highest BCUT2D eigenvalue weighted by molar-refractivity contribution is 6.83. The van der Waals surface area contributed by atoms with E-state index in [2.05, 4.69) is 65.8 Å². The molecule has 1 aromatic carbocycles. The van der Waals surface area contributed by atoms with Gasteiger partial charge in [0.05, 0.1) is 33.5 Å². The van der Waals surface area contributed by atoms with Gasteiger partial charge in [-0.2, -0.15) is 0 Å². The van der Waals surface area contributed by atoms with Gasteiger partial charge in [-0.1, -0.05) is 88.5 Å². The molecule has 142 valence electrons. The summed E-state index contributed by atoms with van der Waals surface area (Å²) < 4.78 is 12.3. The van der Waals surface area contributed by atoms with Gasteiger partial charge in [0.15, 0.2) is 0 Å². The van der Waals surface area contributed by atoms with Gasteiger partial charge in [0, 0.05) is 0 Å². The second-order valence-electron chi connectivity index (χ2n) is 8.74. The van der Waals surface area contributed by atoms with Crippen LogP contribution in [0, 0.1) is 0 Å². The van der Waals surface area contributed by atoms with E-state index in [0.29, 0.717) is 12.7 Å². The standard InChI is InChI=1S/C22H38O2Si/c1-17(2)25(18(3)4,19(5)6)16-22-13-12-21(24-22)15-23-14-20-10-8-7-9-11-20/h7-11,17-19,21-22H,12-16H2,1-6H3/t21-,22+/m1/s1. The molecule has 0 aromatic heterocycles. The van der Waals surface area contributed by atoms with E-state index >= 15 is 0 Å². The van der Waals surface area contributed by atoms with E-state index in [4.69, 9.17) is 9.47 Å². The molecule has 1 aliphatic rings. The molecule has 0 aliphatic carbocycles. The maximum Gasteiger partial charge on any atom is 0.0813 e. The van der Waals surface area contributed by atoms with Crippen LogP contribution in [0.25, 0.3) is 0 Å². The van der Waals surface area contributed by atoms with Gasteiger partial charge < -0.3 is 9.47 Å². The van der Waals surface area contributed by atoms with Crippen LogP contribution in [0.4, 0.5) is 0 Å². The molecule has 0 amide bonds. The quantitative estimate of drug-likeness (QED) is 0.471. The molecule has 3 heteroatoms. The summed E-state index contributed by atoms with van der Waals surface area (Å²) in [7, 11) is -1.37. The molecule has 1 fully saturated rings. The topological polar surface area (TPSA) is 18.5 Å². The summed E-state index contributed by atoms with van der Waals surface area (Å²) in [4.78, 5) is 0. The molecule has 0 saturated carbocycles. The smallest absolute Gasteiger partial charge is 0.0813 e. The van der Waals surface area contributed by atoms with Crippen molar-refractivity contribution in [3.05, 3.63) is 35.9 Å². The number of benzene rings is 1. The average Bonchev–Trinajstić information content (AvgIpc) is 3.00. The summed E-state index contributed by atoms with van der Waals surface area (Å²) in [5.74, 6) is 0. The van der Waals surface area contributed by atoms with Crippen LogP contribution >= 0.6 is 0 Å². The molecule has 1 aliphatic heterocycles. The number of hydrogen-bond donors (Lipinski definition) is 0. The molecule has 2 atom stereocenters. The minimum absolute atomic E-state index is 0.284. The monoisotopic (exact) mass is 362 g/mol. The van der Waals surface area contributed by atoms with Crippen LogP contribution in [-0.4, -0.2) is 26.9 Å². The summed E-state index contributed by atoms with van der Waals surface area (Å²) in [6.07, 6.45) is 3.09. The normalized spacial score (nSPS) is 21.6. The van der Waals surface area contributed by atoms with Gasteiger partial charge in [0.1, 0.15) is 0 Å². The molecule has 0 unspecified atom stereocenters. The predicted octanol–water partition coefficient (Wildman–Crippen LogP) is 6.43. The van der Waals surface area contributed by atoms with E-state index in [-0.39, 0.29) is 6.10 Å². The summed E-state index contributed by atoms with van der Waals surface area (Å²) in [6.45, 7) is 16.1. The van der Waals surface area contributed by atoms with Crippen molar-refractivity contribution in [3.8, 4) is 0 Å². The van der Waals surface area contributed by atoms with Crippen molar-refractivity contribution >= 4 is 8.07 Å². The zero-order valence-corrected chi connectivity index (χ0v) is 18.1. The van der Waals surface area contributed by atoms with E-state index in [1.165, 1.54) is 18.0 Å². The molecule has 0 bridgehead atoms. The number of rotatable bonds is 9. The second kappa shape index (κ2) is 9.34. The van der Waals surface area contributed by atoms with Gasteiger partial charge in [-0.3, -0.25) is 0 Å². The fraction of sp³-hybridized carbons (Fsp3) is 0.727. The van der Waals surface area contributed by atoms with Gasteiger partial charge >= 0.3 is 0 Å². The van der Waals surface area contributed by atoms with Crippen molar-refractivity contribution in [2.75, 3.05) is 6.61 Å². The van der Waals surface area contributed by atoms with Crippen LogP contribution in [-0.2, 0) is 16.1 Å². The zero-order valence-electron chi connectivity index (χ0n) is 17.1. The molecular formula is C22H38O2Si. The Hall–Kier alpha value is -0.643. The zero-order chi connectivity index (χ0) is 18.4. The molecule has 1 saturated heterocycles. The summed E-state index contributed by atoms with van der Waals surface area (Å²) in [6, 6.07) is 11.7. The van der Waals surface area contributed by atoms with E-state index in [9.17, 15) is 0 Å². The molecule has 25 heavy (non-hydrogen) atoms. The van der Waals surface area contributed by atoms with Crippen LogP contribution in [0.15, 0.2) is 30.3 Å². The lowest BCUT2D eigenvalue weighted by atomic mass is 10.2. The van der Waals surface area contributed by atoms with Gasteiger partial charge in [-0.25, -0.2) is 0 Å². The maximum atomic E-state index is 6.42. The Kier molecular flexibility index (Phi) is 7.72. The second-order valence-corrected chi connectivity index (χ2v) is 14.8. The van der Waals surface area contributed by atoms with E-state index in [0.717, 1.165) is 29.7 Å². The summed E-state index contributed by atoms with van der Waals surface area (Å²) >= 11 is 0. The fourth-order valence-corrected chi connectivity index (χ4v) is 11.5. The highest BCUT2D eigenvalue weighted by Gasteiger charge is 2.45. The first-order chi connectivity index (χ1) is 11.9. The lowest BCUT2D eigenvalue weighted by Gasteiger charge is -2.44. The lowest BCUT2D eigenvalue weighted by Crippen LogP contribution is -2.47. The van der Waals surface area contributed by atoms with Gasteiger partial charge in [-0.05, 0) is 24.4 Å². The molecule has 0 N–H and O–H groups in total. The first-order valence-corrected chi connectivity index (χ1v) is 12.6. The first-order valence-electron chi connectivity index (χ1n) is 10.1. The molecule has 0 spiro atoms. The fourth-order valence-electron chi connectivity index (χ4n) is 5.04. The highest BCUT2D eigenvalue weighted by Crippen LogP contribution is 2.46. The van der Waals surface area contributed by atoms with Crippen molar-refractivity contribution < 1.29 is 9.47 Å². The Bertz CT molecular complexity index is 476. The van der Waals surface area contributed by atoms with E-state index in [1.807, 2.05) is 6.07 Å². The van der Waals surface area contributed by atoms with Crippen molar-refractivity contribution in [2.24, 2.45) is 0 Å². The third-order valence-corrected chi connectivity index (χ3v) is 14.0. The minimum atomic E-state index is -1.37. The largest absolute Gasteiger partial charge is 0.374 e. The van der Waals surface area contributed by atoms with Gasteiger partial charge in [0.25, 0.3) is 0 Å². The van der Waals surface area contributed by atoms with Crippen molar-refractivity contribution in [3.63, 3.8) is 0 Å². The third-order valence-electron chi connectivity index (χ3n) is 6.42. The van der Waals surface area contributed by atoms with Crippen molar-refractivity contribution in [2.45, 2.75) is 95.9 Å². The van der Waals surface area contributed by atoms with Gasteiger partial charge in [-0.15, -0.1) is 0 Å². The Labute approximate surface area is 156 Å². The minimum Gasteiger partial charge on any atom is -0.374 e. The summed E-state index contributed by atoms with van der Waals surface area (Å²) in [5, 5.41) is 0. The number of ether oxygens (including phenoxy) is 2. The Morgan fingerprint density at radius 2 is 1.48 bits per heavy atom. The highest BCUT2D eigenvalue weighted by atomic mass is 28.3. The lowest BCUT2D eigenvalue weighted by molar-refractivity contribution is -0.0148. The number of hydrogen-bond acceptors (Lipinski definition) is 2. The average molecular weight is 363 g/mol. The molecule has 2 nitrogen and oxygen atoms in total. The predicted molar refractivity (Wildman–Crippen MR) is 110 cm³/mol. The Balaban J connectivity index is 1.84. The Morgan fingerprint density at radius 1 is 0.920 bits per heavy atom. The Morgan fingerprint density at radius 3 is 2.04 bits per heavy atom. The van der Waals surface area contributed by atoms with Crippen LogP contribution in [0.1, 0.15) is 59.9 Å². The molecule has 0 radical (unpaired) electrons. The van der Waals surface area contributed by atoms with Crippen LogP contribution in [0.3, 0.4) is 0 Å². The van der Waals surface area contributed by atoms with Gasteiger partial charge in [0.2, 0.25) is 0 Å². The van der Waals surface area contributed by atoms with E-state index in [1.54, 1.807) is 0 Å². The molecule has 1 aromatic rings. The molecular weight excluding hydrogens is 324 g/mol. The van der Waals surface area contributed by atoms with Crippen molar-refractivity contribution in [1.29, 1.82) is 0 Å². The van der Waals surface area contributed by atoms with Crippen LogP contribution < -0.4 is 0 Å². The first kappa shape index (κ1) is 20.7. The van der Waals surface area contributed by atoms with Crippen LogP contribution in [0.2, 0.25) is 22.7 Å². The van der Waals surface area contributed by atoms with E-state index < -0.39 is 8.07 Å². The van der Waals surface area contributed by atoms with Crippen LogP contribution in [0.5, 0.6) is 0 Å². The third kappa shape index (κ3) is 5.18. The summed E-state index contributed by atoms with van der Waals surface area (Å²) in [5.41, 5.74) is 3.67. The maximum absolute atomic E-state index is 6.42.